The van der Waals surface area contributed by atoms with Gasteiger partial charge in [0.05, 0.1) is 19.0 Å². The lowest BCUT2D eigenvalue weighted by atomic mass is 9.94. The molecular formula is C32H40Cl2N2O3S2. The van der Waals surface area contributed by atoms with Gasteiger partial charge in [0.1, 0.15) is 11.1 Å². The second-order valence-corrected chi connectivity index (χ2v) is 13.0. The number of amides is 1. The molecule has 2 heterocycles. The molecule has 2 atom stereocenters. The molecule has 0 bridgehead atoms. The van der Waals surface area contributed by atoms with Crippen LogP contribution in [0.25, 0.3) is 0 Å². The molecule has 0 spiro atoms. The van der Waals surface area contributed by atoms with Crippen LogP contribution in [0.1, 0.15) is 68.5 Å². The Kier molecular flexibility index (Phi) is 13.1. The molecule has 0 radical (unpaired) electrons. The highest BCUT2D eigenvalue weighted by Gasteiger charge is 2.34. The first-order valence-electron chi connectivity index (χ1n) is 13.8. The maximum absolute atomic E-state index is 13.2. The van der Waals surface area contributed by atoms with Crippen LogP contribution in [0, 0.1) is 0 Å². The Balaban J connectivity index is 1.70. The monoisotopic (exact) mass is 634 g/mol. The van der Waals surface area contributed by atoms with Gasteiger partial charge in [-0.1, -0.05) is 72.4 Å². The number of hydrogen-bond acceptors (Lipinski definition) is 5. The molecule has 1 aliphatic heterocycles. The summed E-state index contributed by atoms with van der Waals surface area (Å²) in [6, 6.07) is 10.1. The van der Waals surface area contributed by atoms with Crippen molar-refractivity contribution >= 4 is 57.7 Å². The molecule has 5 nitrogen and oxygen atoms in total. The van der Waals surface area contributed by atoms with Crippen molar-refractivity contribution in [2.24, 2.45) is 0 Å². The van der Waals surface area contributed by atoms with Gasteiger partial charge >= 0.3 is 0 Å². The second kappa shape index (κ2) is 16.0. The molecule has 222 valence electrons. The third kappa shape index (κ3) is 10.3. The summed E-state index contributed by atoms with van der Waals surface area (Å²) < 4.78 is 11.9. The highest BCUT2D eigenvalue weighted by atomic mass is 35.5. The molecule has 1 N–H and O–H groups in total. The molecule has 1 fully saturated rings. The molecule has 1 aromatic carbocycles. The predicted molar refractivity (Wildman–Crippen MR) is 176 cm³/mol. The van der Waals surface area contributed by atoms with Gasteiger partial charge in [0.2, 0.25) is 5.91 Å². The third-order valence-electron chi connectivity index (χ3n) is 7.02. The fraction of sp³-hybridized carbons (Fsp3) is 0.438. The zero-order valence-electron chi connectivity index (χ0n) is 24.3. The first kappa shape index (κ1) is 33.5. The smallest absolute Gasteiger partial charge is 0.223 e. The summed E-state index contributed by atoms with van der Waals surface area (Å²) in [6.45, 7) is 10.5. The molecule has 1 aliphatic rings. The number of thiocarbonyl (C=S) groups is 1. The summed E-state index contributed by atoms with van der Waals surface area (Å²) >= 11 is 20.2. The predicted octanol–water partition coefficient (Wildman–Crippen LogP) is 8.53. The number of likely N-dealkylation sites (tertiary alicyclic amines) is 1. The molecule has 1 unspecified atom stereocenters. The number of hydrogen-bond donors (Lipinski definition) is 1. The maximum Gasteiger partial charge on any atom is 0.223 e. The van der Waals surface area contributed by atoms with E-state index in [1.807, 2.05) is 51.1 Å². The Morgan fingerprint density at radius 2 is 2.12 bits per heavy atom. The van der Waals surface area contributed by atoms with E-state index < -0.39 is 11.9 Å². The summed E-state index contributed by atoms with van der Waals surface area (Å²) in [4.78, 5) is 17.1. The number of ether oxygens (including phenoxy) is 2. The minimum absolute atomic E-state index is 0.0798. The molecule has 3 rings (SSSR count). The van der Waals surface area contributed by atoms with Crippen molar-refractivity contribution in [2.75, 3.05) is 13.7 Å². The van der Waals surface area contributed by atoms with Crippen molar-refractivity contribution in [3.05, 3.63) is 92.2 Å². The fourth-order valence-corrected chi connectivity index (χ4v) is 6.26. The number of halogens is 2. The summed E-state index contributed by atoms with van der Waals surface area (Å²) in [7, 11) is 1.59. The van der Waals surface area contributed by atoms with E-state index in [-0.39, 0.29) is 18.4 Å². The van der Waals surface area contributed by atoms with Gasteiger partial charge in [-0.2, -0.15) is 0 Å². The first-order valence-corrected chi connectivity index (χ1v) is 15.8. The molecule has 2 aromatic rings. The molecule has 1 saturated heterocycles. The summed E-state index contributed by atoms with van der Waals surface area (Å²) in [5.41, 5.74) is 3.29. The van der Waals surface area contributed by atoms with Gasteiger partial charge in [0, 0.05) is 28.6 Å². The number of nitrogens with one attached hydrogen (secondary N) is 1. The van der Waals surface area contributed by atoms with Gasteiger partial charge in [-0.15, -0.1) is 11.3 Å². The average Bonchev–Trinajstić information content (AvgIpc) is 3.40. The van der Waals surface area contributed by atoms with Crippen LogP contribution in [0.4, 0.5) is 0 Å². The number of allylic oxidation sites excluding steroid dienone is 5. The van der Waals surface area contributed by atoms with Crippen molar-refractivity contribution in [2.45, 2.75) is 77.4 Å². The van der Waals surface area contributed by atoms with E-state index in [1.165, 1.54) is 0 Å². The average molecular weight is 636 g/mol. The number of thiophene rings is 1. The highest BCUT2D eigenvalue weighted by Crippen LogP contribution is 2.34. The van der Waals surface area contributed by atoms with Crippen LogP contribution in [-0.2, 0) is 27.2 Å². The number of piperidine rings is 1. The van der Waals surface area contributed by atoms with Gasteiger partial charge in [0.25, 0.3) is 0 Å². The van der Waals surface area contributed by atoms with Crippen molar-refractivity contribution in [3.63, 3.8) is 0 Å². The highest BCUT2D eigenvalue weighted by molar-refractivity contribution is 7.80. The molecule has 41 heavy (non-hydrogen) atoms. The second-order valence-electron chi connectivity index (χ2n) is 10.5. The van der Waals surface area contributed by atoms with Crippen LogP contribution in [0.5, 0.6) is 0 Å². The lowest BCUT2D eigenvalue weighted by Gasteiger charge is -2.41. The van der Waals surface area contributed by atoms with Crippen molar-refractivity contribution in [3.8, 4) is 0 Å². The topological polar surface area (TPSA) is 50.8 Å². The van der Waals surface area contributed by atoms with E-state index >= 15 is 0 Å². The summed E-state index contributed by atoms with van der Waals surface area (Å²) in [5.74, 6) is -1.05. The van der Waals surface area contributed by atoms with Gasteiger partial charge in [-0.3, -0.25) is 4.79 Å². The molecule has 9 heteroatoms. The molecular weight excluding hydrogens is 595 g/mol. The summed E-state index contributed by atoms with van der Waals surface area (Å²) in [6.07, 6.45) is 8.83. The summed E-state index contributed by atoms with van der Waals surface area (Å²) in [5, 5.41) is 6.59. The number of carbonyl (C=O) groups is 1. The molecule has 0 saturated carbocycles. The van der Waals surface area contributed by atoms with Crippen molar-refractivity contribution < 1.29 is 14.3 Å². The number of benzene rings is 1. The number of methoxy groups -OCH3 is 1. The largest absolute Gasteiger partial charge is 0.357 e. The Bertz CT molecular complexity index is 1270. The van der Waals surface area contributed by atoms with Crippen LogP contribution in [0.15, 0.2) is 71.1 Å². The molecule has 0 aliphatic carbocycles. The lowest BCUT2D eigenvalue weighted by molar-refractivity contribution is -0.211. The van der Waals surface area contributed by atoms with Crippen LogP contribution in [-0.4, -0.2) is 41.3 Å². The Labute approximate surface area is 264 Å². The van der Waals surface area contributed by atoms with Crippen molar-refractivity contribution in [1.29, 1.82) is 0 Å². The number of nitrogens with zero attached hydrogens (tertiary/aromatic N) is 1. The normalized spacial score (nSPS) is 17.3. The van der Waals surface area contributed by atoms with E-state index in [0.29, 0.717) is 23.0 Å². The SMILES string of the molecule is C=C/C=C\C(Cc1csc(CNC(=O)C[C@@H](OC(C)(C)OC)C(=S)N2CCCCC2c2cccc(Cl)c2)c1)=C(/C)Cl. The maximum atomic E-state index is 13.2. The van der Waals surface area contributed by atoms with E-state index in [2.05, 4.69) is 34.3 Å². The van der Waals surface area contributed by atoms with Crippen LogP contribution < -0.4 is 5.32 Å². The standard InChI is InChI=1S/C32H40Cl2N2O3S2/c1-6-7-11-24(22(2)33)16-23-17-27(41-21-23)20-35-30(37)19-29(39-32(3,4)38-5)31(40)36-15-9-8-14-28(36)25-12-10-13-26(34)18-25/h6-7,10-13,17-18,21,28-29H,1,8-9,14-16,19-20H2,2-5H3,(H,35,37)/b11-7-,24-22-/t28?,29-/m1/s1. The molecule has 1 aromatic heterocycles. The van der Waals surface area contributed by atoms with E-state index in [1.54, 1.807) is 24.5 Å². The zero-order chi connectivity index (χ0) is 30.0. The van der Waals surface area contributed by atoms with Gasteiger partial charge < -0.3 is 19.7 Å². The Morgan fingerprint density at radius 3 is 2.80 bits per heavy atom. The quantitative estimate of drug-likeness (QED) is 0.136. The van der Waals surface area contributed by atoms with Gasteiger partial charge in [-0.05, 0) is 86.7 Å². The van der Waals surface area contributed by atoms with E-state index in [4.69, 9.17) is 44.9 Å². The fourth-order valence-electron chi connectivity index (χ4n) is 4.75. The molecule has 1 amide bonds. The van der Waals surface area contributed by atoms with Gasteiger partial charge in [0.15, 0.2) is 5.79 Å². The van der Waals surface area contributed by atoms with Gasteiger partial charge in [-0.25, -0.2) is 0 Å². The number of rotatable bonds is 13. The van der Waals surface area contributed by atoms with Crippen LogP contribution >= 0.6 is 46.8 Å². The number of carbonyl (C=O) groups excluding carboxylic acids is 1. The lowest BCUT2D eigenvalue weighted by Crippen LogP contribution is -2.48. The minimum Gasteiger partial charge on any atom is -0.357 e. The Hall–Kier alpha value is -2.00. The third-order valence-corrected chi connectivity index (χ3v) is 8.98. The minimum atomic E-state index is -0.912. The van der Waals surface area contributed by atoms with E-state index in [9.17, 15) is 4.79 Å². The zero-order valence-corrected chi connectivity index (χ0v) is 27.4. The van der Waals surface area contributed by atoms with Crippen LogP contribution in [0.3, 0.4) is 0 Å². The van der Waals surface area contributed by atoms with E-state index in [0.717, 1.165) is 52.4 Å². The van der Waals surface area contributed by atoms with Crippen molar-refractivity contribution in [1.82, 2.24) is 10.2 Å². The first-order chi connectivity index (χ1) is 19.5. The van der Waals surface area contributed by atoms with Crippen LogP contribution in [0.2, 0.25) is 5.02 Å². The Morgan fingerprint density at radius 1 is 1.34 bits per heavy atom.